The Morgan fingerprint density at radius 1 is 1.28 bits per heavy atom. The Morgan fingerprint density at radius 2 is 1.94 bits per heavy atom. The van der Waals surface area contributed by atoms with Crippen LogP contribution in [0.1, 0.15) is 0 Å². The summed E-state index contributed by atoms with van der Waals surface area (Å²) >= 11 is 5.70. The maximum atomic E-state index is 10.9. The van der Waals surface area contributed by atoms with Crippen LogP contribution in [0.4, 0.5) is 4.79 Å². The Kier molecular flexibility index (Phi) is 5.79. The van der Waals surface area contributed by atoms with E-state index in [0.717, 1.165) is 0 Å². The number of aliphatic carboxylic acids is 1. The number of halogens is 1. The van der Waals surface area contributed by atoms with Crippen LogP contribution < -0.4 is 10.1 Å². The van der Waals surface area contributed by atoms with Crippen molar-refractivity contribution in [2.75, 3.05) is 19.8 Å². The quantitative estimate of drug-likeness (QED) is 0.768. The first-order chi connectivity index (χ1) is 8.58. The Labute approximate surface area is 108 Å². The first-order valence-electron chi connectivity index (χ1n) is 5.08. The second-order valence-electron chi connectivity index (χ2n) is 3.20. The van der Waals surface area contributed by atoms with Crippen molar-refractivity contribution in [2.45, 2.75) is 0 Å². The van der Waals surface area contributed by atoms with Gasteiger partial charge in [-0.2, -0.15) is 0 Å². The van der Waals surface area contributed by atoms with Crippen molar-refractivity contribution in [2.24, 2.45) is 0 Å². The normalized spacial score (nSPS) is 9.61. The third kappa shape index (κ3) is 5.95. The minimum atomic E-state index is -1.21. The number of rotatable bonds is 6. The molecule has 0 spiro atoms. The molecule has 0 radical (unpaired) electrons. The first-order valence-corrected chi connectivity index (χ1v) is 5.46. The van der Waals surface area contributed by atoms with Gasteiger partial charge < -0.3 is 19.9 Å². The molecule has 2 N–H and O–H groups in total. The molecule has 7 heteroatoms. The van der Waals surface area contributed by atoms with E-state index >= 15 is 0 Å². The molecule has 0 bridgehead atoms. The van der Waals surface area contributed by atoms with E-state index in [1.165, 1.54) is 0 Å². The van der Waals surface area contributed by atoms with Gasteiger partial charge in [0.15, 0.2) is 6.61 Å². The summed E-state index contributed by atoms with van der Waals surface area (Å²) in [5.74, 6) is -0.581. The zero-order valence-corrected chi connectivity index (χ0v) is 10.1. The summed E-state index contributed by atoms with van der Waals surface area (Å²) in [5, 5.41) is 11.2. The summed E-state index contributed by atoms with van der Waals surface area (Å²) < 4.78 is 9.64. The lowest BCUT2D eigenvalue weighted by Crippen LogP contribution is -2.30. The Hall–Kier alpha value is -1.95. The van der Waals surface area contributed by atoms with Crippen LogP contribution >= 0.6 is 11.6 Å². The zero-order valence-electron chi connectivity index (χ0n) is 9.39. The van der Waals surface area contributed by atoms with Gasteiger partial charge in [0.2, 0.25) is 0 Å². The number of hydrogen-bond donors (Lipinski definition) is 2. The molecule has 1 rings (SSSR count). The molecule has 0 aromatic heterocycles. The van der Waals surface area contributed by atoms with E-state index in [2.05, 4.69) is 10.1 Å². The number of carbonyl (C=O) groups excluding carboxylic acids is 1. The van der Waals surface area contributed by atoms with Crippen molar-refractivity contribution in [3.63, 3.8) is 0 Å². The van der Waals surface area contributed by atoms with E-state index in [1.807, 2.05) is 0 Å². The largest absolute Gasteiger partial charge is 0.492 e. The molecular weight excluding hydrogens is 262 g/mol. The molecule has 0 aliphatic heterocycles. The van der Waals surface area contributed by atoms with Gasteiger partial charge in [-0.25, -0.2) is 9.59 Å². The fraction of sp³-hybridized carbons (Fsp3) is 0.273. The van der Waals surface area contributed by atoms with Crippen LogP contribution in [0.5, 0.6) is 5.75 Å². The van der Waals surface area contributed by atoms with Gasteiger partial charge >= 0.3 is 12.1 Å². The molecule has 0 fully saturated rings. The van der Waals surface area contributed by atoms with Crippen molar-refractivity contribution >= 4 is 23.7 Å². The number of benzene rings is 1. The smallest absolute Gasteiger partial charge is 0.407 e. The van der Waals surface area contributed by atoms with Gasteiger partial charge in [0.1, 0.15) is 12.4 Å². The number of carboxylic acids is 1. The topological polar surface area (TPSA) is 84.9 Å². The molecule has 0 saturated heterocycles. The first kappa shape index (κ1) is 14.1. The van der Waals surface area contributed by atoms with Crippen molar-refractivity contribution in [3.05, 3.63) is 29.3 Å². The van der Waals surface area contributed by atoms with Gasteiger partial charge in [-0.1, -0.05) is 11.6 Å². The highest BCUT2D eigenvalue weighted by Crippen LogP contribution is 2.14. The molecule has 0 atom stereocenters. The number of alkyl carbamates (subject to hydrolysis) is 1. The van der Waals surface area contributed by atoms with Crippen LogP contribution in [-0.4, -0.2) is 36.9 Å². The average Bonchev–Trinajstić information content (AvgIpc) is 2.34. The molecule has 1 aromatic rings. The van der Waals surface area contributed by atoms with Gasteiger partial charge in [-0.3, -0.25) is 0 Å². The highest BCUT2D eigenvalue weighted by atomic mass is 35.5. The van der Waals surface area contributed by atoms with Crippen LogP contribution in [0.3, 0.4) is 0 Å². The maximum Gasteiger partial charge on any atom is 0.407 e. The van der Waals surface area contributed by atoms with Crippen LogP contribution in [0.15, 0.2) is 24.3 Å². The molecule has 18 heavy (non-hydrogen) atoms. The zero-order chi connectivity index (χ0) is 13.4. The fourth-order valence-electron chi connectivity index (χ4n) is 1.03. The highest BCUT2D eigenvalue weighted by molar-refractivity contribution is 6.30. The van der Waals surface area contributed by atoms with Crippen LogP contribution in [0.2, 0.25) is 5.02 Å². The van der Waals surface area contributed by atoms with Gasteiger partial charge in [0, 0.05) is 5.02 Å². The summed E-state index contributed by atoms with van der Waals surface area (Å²) in [6.07, 6.45) is -0.794. The number of amides is 1. The minimum absolute atomic E-state index is 0.209. The summed E-state index contributed by atoms with van der Waals surface area (Å²) in [5.41, 5.74) is 0. The summed E-state index contributed by atoms with van der Waals surface area (Å²) in [4.78, 5) is 21.0. The van der Waals surface area contributed by atoms with Gasteiger partial charge in [-0.15, -0.1) is 0 Å². The molecule has 0 aliphatic carbocycles. The molecule has 0 unspecified atom stereocenters. The SMILES string of the molecule is O=C(O)COC(=O)NCCOc1ccc(Cl)cc1. The van der Waals surface area contributed by atoms with Crippen LogP contribution in [-0.2, 0) is 9.53 Å². The maximum absolute atomic E-state index is 10.9. The second kappa shape index (κ2) is 7.39. The summed E-state index contributed by atoms with van der Waals surface area (Å²) in [6, 6.07) is 6.77. The number of carboxylic acid groups (broad SMARTS) is 1. The number of carbonyl (C=O) groups is 2. The van der Waals surface area contributed by atoms with Gasteiger partial charge in [0.25, 0.3) is 0 Å². The van der Waals surface area contributed by atoms with Crippen LogP contribution in [0.25, 0.3) is 0 Å². The molecule has 98 valence electrons. The lowest BCUT2D eigenvalue weighted by molar-refractivity contribution is -0.140. The van der Waals surface area contributed by atoms with Crippen molar-refractivity contribution in [1.29, 1.82) is 0 Å². The molecule has 6 nitrogen and oxygen atoms in total. The number of nitrogens with one attached hydrogen (secondary N) is 1. The average molecular weight is 274 g/mol. The molecule has 0 heterocycles. The Balaban J connectivity index is 2.13. The lowest BCUT2D eigenvalue weighted by atomic mass is 10.3. The minimum Gasteiger partial charge on any atom is -0.492 e. The van der Waals surface area contributed by atoms with E-state index in [4.69, 9.17) is 21.4 Å². The summed E-state index contributed by atoms with van der Waals surface area (Å²) in [7, 11) is 0. The van der Waals surface area contributed by atoms with E-state index < -0.39 is 18.7 Å². The van der Waals surface area contributed by atoms with Crippen molar-refractivity contribution < 1.29 is 24.2 Å². The van der Waals surface area contributed by atoms with E-state index in [1.54, 1.807) is 24.3 Å². The van der Waals surface area contributed by atoms with E-state index in [0.29, 0.717) is 10.8 Å². The molecule has 1 aromatic carbocycles. The Bertz CT molecular complexity index is 406. The standard InChI is InChI=1S/C11H12ClNO5/c12-8-1-3-9(4-2-8)17-6-5-13-11(16)18-7-10(14)15/h1-4H,5-7H2,(H,13,16)(H,14,15). The van der Waals surface area contributed by atoms with Gasteiger partial charge in [0.05, 0.1) is 6.54 Å². The van der Waals surface area contributed by atoms with Crippen molar-refractivity contribution in [1.82, 2.24) is 5.32 Å². The predicted octanol–water partition coefficient (Wildman–Crippen LogP) is 1.53. The lowest BCUT2D eigenvalue weighted by Gasteiger charge is -2.07. The second-order valence-corrected chi connectivity index (χ2v) is 3.64. The van der Waals surface area contributed by atoms with E-state index in [9.17, 15) is 9.59 Å². The molecule has 0 aliphatic rings. The molecule has 1 amide bonds. The fourth-order valence-corrected chi connectivity index (χ4v) is 1.16. The third-order valence-electron chi connectivity index (χ3n) is 1.78. The van der Waals surface area contributed by atoms with Crippen molar-refractivity contribution in [3.8, 4) is 5.75 Å². The number of hydrogen-bond acceptors (Lipinski definition) is 4. The molecule has 0 saturated carbocycles. The molecular formula is C11H12ClNO5. The van der Waals surface area contributed by atoms with Gasteiger partial charge in [-0.05, 0) is 24.3 Å². The highest BCUT2D eigenvalue weighted by Gasteiger charge is 2.04. The number of ether oxygens (including phenoxy) is 2. The summed E-state index contributed by atoms with van der Waals surface area (Å²) in [6.45, 7) is -0.214. The van der Waals surface area contributed by atoms with E-state index in [-0.39, 0.29) is 13.2 Å². The third-order valence-corrected chi connectivity index (χ3v) is 2.03. The Morgan fingerprint density at radius 3 is 2.56 bits per heavy atom. The predicted molar refractivity (Wildman–Crippen MR) is 63.9 cm³/mol. The van der Waals surface area contributed by atoms with Crippen LogP contribution in [0, 0.1) is 0 Å². The monoisotopic (exact) mass is 273 g/mol.